The van der Waals surface area contributed by atoms with Gasteiger partial charge in [0.05, 0.1) is 0 Å². The van der Waals surface area contributed by atoms with Crippen LogP contribution in [0.15, 0.2) is 23.8 Å². The number of rotatable bonds is 5. The molecule has 0 saturated carbocycles. The first-order chi connectivity index (χ1) is 11.1. The van der Waals surface area contributed by atoms with Crippen molar-refractivity contribution in [3.05, 3.63) is 34.9 Å². The second-order valence-electron chi connectivity index (χ2n) is 4.70. The molecule has 7 heteroatoms. The van der Waals surface area contributed by atoms with E-state index in [1.165, 1.54) is 22.3 Å². The first-order valence-corrected chi connectivity index (χ1v) is 9.36. The zero-order chi connectivity index (χ0) is 18.0. The summed E-state index contributed by atoms with van der Waals surface area (Å²) in [6.45, 7) is 6.44. The molecule has 0 aliphatic heterocycles. The van der Waals surface area contributed by atoms with E-state index < -0.39 is 18.4 Å². The van der Waals surface area contributed by atoms with E-state index in [0.717, 1.165) is 18.1 Å². The van der Waals surface area contributed by atoms with Gasteiger partial charge in [0.1, 0.15) is 0 Å². The van der Waals surface area contributed by atoms with Gasteiger partial charge in [-0.2, -0.15) is 14.2 Å². The molecule has 1 atom stereocenters. The summed E-state index contributed by atoms with van der Waals surface area (Å²) >= 11 is -2.30. The number of carbonyl (C=O) groups excluding carboxylic acids is 2. The monoisotopic (exact) mass is 355 g/mol. The van der Waals surface area contributed by atoms with Crippen LogP contribution in [0.3, 0.4) is 0 Å². The van der Waals surface area contributed by atoms with Crippen LogP contribution in [0, 0.1) is 0 Å². The average molecular weight is 355 g/mol. The molecule has 2 N–H and O–H groups in total. The fourth-order valence-electron chi connectivity index (χ4n) is 2.63. The van der Waals surface area contributed by atoms with Crippen LogP contribution in [0.25, 0.3) is 5.57 Å². The maximum absolute atomic E-state index is 10.7. The molecule has 0 fully saturated rings. The Balaban J connectivity index is 0.00000112. The minimum atomic E-state index is -2.30. The van der Waals surface area contributed by atoms with Gasteiger partial charge in [-0.1, -0.05) is 0 Å². The van der Waals surface area contributed by atoms with Gasteiger partial charge in [0.25, 0.3) is 0 Å². The maximum atomic E-state index is 10.7. The number of nitrogens with one attached hydrogen (secondary N) is 2. The van der Waals surface area contributed by atoms with Gasteiger partial charge < -0.3 is 10.2 Å². The van der Waals surface area contributed by atoms with Crippen molar-refractivity contribution in [1.29, 1.82) is 0 Å². The first-order valence-electron chi connectivity index (χ1n) is 7.01. The quantitative estimate of drug-likeness (QED) is 0.528. The smallest absolute Gasteiger partial charge is 0.153 e. The zero-order valence-corrected chi connectivity index (χ0v) is 15.7. The van der Waals surface area contributed by atoms with E-state index in [9.17, 15) is 9.59 Å². The Labute approximate surface area is 144 Å². The van der Waals surface area contributed by atoms with E-state index in [-0.39, 0.29) is 0 Å². The molecule has 0 radical (unpaired) electrons. The van der Waals surface area contributed by atoms with Crippen molar-refractivity contribution in [1.82, 2.24) is 7.60 Å². The minimum Gasteiger partial charge on any atom is -0.857 e. The van der Waals surface area contributed by atoms with E-state index in [1.54, 1.807) is 0 Å². The van der Waals surface area contributed by atoms with Gasteiger partial charge in [-0.15, -0.1) is 0 Å². The number of fused-ring (bicyclic) bond motifs is 1. The summed E-state index contributed by atoms with van der Waals surface area (Å²) in [6, 6.07) is 6.14. The summed E-state index contributed by atoms with van der Waals surface area (Å²) in [5.41, 5.74) is 5.13. The third-order valence-corrected chi connectivity index (χ3v) is 6.62. The summed E-state index contributed by atoms with van der Waals surface area (Å²) in [6.07, 6.45) is 1.35. The van der Waals surface area contributed by atoms with Crippen molar-refractivity contribution in [3.63, 3.8) is 0 Å². The van der Waals surface area contributed by atoms with Crippen molar-refractivity contribution < 1.29 is 38.2 Å². The SMILES string of the molecule is CC1=C(C)C(C)c2ccc[c]([Ti+2]([NH]C=O)[NH]C=O)c21.C[O-].C[O-]. The van der Waals surface area contributed by atoms with Crippen molar-refractivity contribution in [3.8, 4) is 0 Å². The number of allylic oxidation sites excluding steroid dienone is 2. The van der Waals surface area contributed by atoms with Crippen LogP contribution in [0.4, 0.5) is 0 Å². The molecule has 1 aromatic carbocycles. The molecule has 1 aliphatic carbocycles. The summed E-state index contributed by atoms with van der Waals surface area (Å²) in [7, 11) is 1.50. The molecule has 0 aromatic heterocycles. The Morgan fingerprint density at radius 2 is 1.57 bits per heavy atom. The molecule has 0 saturated heterocycles. The fraction of sp³-hybridized carbons (Fsp3) is 0.375. The van der Waals surface area contributed by atoms with Crippen LogP contribution < -0.4 is 21.7 Å². The van der Waals surface area contributed by atoms with Crippen LogP contribution >= 0.6 is 0 Å². The van der Waals surface area contributed by atoms with Crippen LogP contribution in [-0.2, 0) is 28.0 Å². The average Bonchev–Trinajstić information content (AvgIpc) is 2.83. The van der Waals surface area contributed by atoms with Crippen molar-refractivity contribution in [2.24, 2.45) is 0 Å². The summed E-state index contributed by atoms with van der Waals surface area (Å²) in [5.74, 6) is 0.405. The normalized spacial score (nSPS) is 14.5. The molecule has 2 amide bonds. The van der Waals surface area contributed by atoms with E-state index in [1.807, 2.05) is 12.1 Å². The molecular weight excluding hydrogens is 332 g/mol. The van der Waals surface area contributed by atoms with E-state index in [0.29, 0.717) is 18.7 Å². The Kier molecular flexibility index (Phi) is 10.4. The molecule has 1 aliphatic rings. The standard InChI is InChI=1S/C12H13.2CH3NO.2CH3O.Ti/c1-8-9(2)11-6-4-5-7-12(11)10(8)3;2*2-1-3;2*1-2;/h4-6,9H,1-3H3;2*1H,(H2,2,3);2*1H3;/q;;;2*-1;+4/p-2. The Hall–Kier alpha value is -1.47. The predicted octanol–water partition coefficient (Wildman–Crippen LogP) is -0.884. The third-order valence-electron chi connectivity index (χ3n) is 3.86. The summed E-state index contributed by atoms with van der Waals surface area (Å²) < 4.78 is 6.70. The molecule has 23 heavy (non-hydrogen) atoms. The number of carbonyl (C=O) groups is 2. The second kappa shape index (κ2) is 11.1. The van der Waals surface area contributed by atoms with Gasteiger partial charge in [0, 0.05) is 0 Å². The van der Waals surface area contributed by atoms with Crippen molar-refractivity contribution in [2.75, 3.05) is 14.2 Å². The number of hydrogen-bond acceptors (Lipinski definition) is 4. The largest absolute Gasteiger partial charge is 0.857 e. The molecular formula is C16H23N2O4Ti. The molecule has 0 bridgehead atoms. The van der Waals surface area contributed by atoms with Gasteiger partial charge in [-0.3, -0.25) is 0 Å². The van der Waals surface area contributed by atoms with Crippen LogP contribution in [0.1, 0.15) is 37.8 Å². The van der Waals surface area contributed by atoms with Gasteiger partial charge in [0.2, 0.25) is 0 Å². The topological polar surface area (TPSA) is 104 Å². The Bertz CT molecular complexity index is 551. The maximum Gasteiger partial charge on any atom is -0.153 e. The van der Waals surface area contributed by atoms with Gasteiger partial charge >= 0.3 is 119 Å². The predicted molar refractivity (Wildman–Crippen MR) is 83.0 cm³/mol. The number of hydrogen-bond donors (Lipinski definition) is 2. The molecule has 0 heterocycles. The zero-order valence-electron chi connectivity index (χ0n) is 14.1. The number of benzene rings is 1. The van der Waals surface area contributed by atoms with E-state index in [4.69, 9.17) is 10.2 Å². The molecule has 2 rings (SSSR count). The second-order valence-corrected chi connectivity index (χ2v) is 7.61. The molecule has 0 spiro atoms. The van der Waals surface area contributed by atoms with Crippen LogP contribution in [0.5, 0.6) is 0 Å². The van der Waals surface area contributed by atoms with E-state index in [2.05, 4.69) is 34.4 Å². The van der Waals surface area contributed by atoms with Crippen molar-refractivity contribution >= 4 is 22.3 Å². The van der Waals surface area contributed by atoms with Crippen LogP contribution in [0.2, 0.25) is 0 Å². The Morgan fingerprint density at radius 1 is 1.04 bits per heavy atom. The molecule has 125 valence electrons. The molecule has 6 nitrogen and oxygen atoms in total. The van der Waals surface area contributed by atoms with Crippen LogP contribution in [-0.4, -0.2) is 27.0 Å². The number of amides is 2. The molecule has 1 aromatic rings. The first kappa shape index (κ1) is 21.5. The van der Waals surface area contributed by atoms with Gasteiger partial charge in [-0.25, -0.2) is 0 Å². The Morgan fingerprint density at radius 3 is 2.04 bits per heavy atom. The fourth-order valence-corrected chi connectivity index (χ4v) is 4.93. The van der Waals surface area contributed by atoms with Gasteiger partial charge in [-0.05, 0) is 0 Å². The summed E-state index contributed by atoms with van der Waals surface area (Å²) in [5, 5.41) is 16.5. The minimum absolute atomic E-state index is 0.405. The van der Waals surface area contributed by atoms with Gasteiger partial charge in [0.15, 0.2) is 0 Å². The molecule has 1 unspecified atom stereocenters. The third kappa shape index (κ3) is 4.75. The summed E-state index contributed by atoms with van der Waals surface area (Å²) in [4.78, 5) is 21.5. The van der Waals surface area contributed by atoms with E-state index >= 15 is 0 Å². The van der Waals surface area contributed by atoms with Crippen molar-refractivity contribution in [2.45, 2.75) is 26.7 Å².